The first kappa shape index (κ1) is 17.6. The summed E-state index contributed by atoms with van der Waals surface area (Å²) in [7, 11) is 0. The molecule has 0 bridgehead atoms. The van der Waals surface area contributed by atoms with Crippen molar-refractivity contribution in [3.8, 4) is 5.75 Å². The average Bonchev–Trinajstić information content (AvgIpc) is 2.59. The highest BCUT2D eigenvalue weighted by atomic mass is 35.5. The van der Waals surface area contributed by atoms with Crippen LogP contribution in [0.25, 0.3) is 10.9 Å². The summed E-state index contributed by atoms with van der Waals surface area (Å²) < 4.78 is 7.60. The van der Waals surface area contributed by atoms with Crippen LogP contribution in [0.4, 0.5) is 0 Å². The van der Waals surface area contributed by atoms with Crippen LogP contribution in [-0.4, -0.2) is 11.2 Å². The molecule has 0 aliphatic rings. The second-order valence-electron chi connectivity index (χ2n) is 6.30. The van der Waals surface area contributed by atoms with Gasteiger partial charge < -0.3 is 9.30 Å². The molecule has 0 N–H and O–H groups in total. The highest BCUT2D eigenvalue weighted by Gasteiger charge is 2.08. The predicted octanol–water partition coefficient (Wildman–Crippen LogP) is 5.13. The van der Waals surface area contributed by atoms with E-state index in [-0.39, 0.29) is 5.56 Å². The van der Waals surface area contributed by atoms with E-state index < -0.39 is 0 Å². The molecule has 1 heterocycles. The molecule has 0 unspecified atom stereocenters. The van der Waals surface area contributed by atoms with E-state index in [0.717, 1.165) is 40.6 Å². The summed E-state index contributed by atoms with van der Waals surface area (Å²) in [6.45, 7) is 5.37. The Bertz CT molecular complexity index is 929. The zero-order valence-electron chi connectivity index (χ0n) is 14.6. The topological polar surface area (TPSA) is 31.2 Å². The SMILES string of the molecule is Cc1cc(=O)n(CCCCOc2ccc(Cl)cc2)c2c(C)cccc12. The van der Waals surface area contributed by atoms with Crippen LogP contribution in [0.2, 0.25) is 5.02 Å². The molecule has 3 nitrogen and oxygen atoms in total. The zero-order valence-corrected chi connectivity index (χ0v) is 15.3. The third kappa shape index (κ3) is 4.05. The summed E-state index contributed by atoms with van der Waals surface area (Å²) in [6, 6.07) is 15.3. The minimum atomic E-state index is 0.0675. The van der Waals surface area contributed by atoms with E-state index in [1.165, 1.54) is 0 Å². The Hall–Kier alpha value is -2.26. The number of ether oxygens (including phenoxy) is 1. The van der Waals surface area contributed by atoms with Crippen molar-refractivity contribution in [1.29, 1.82) is 0 Å². The Morgan fingerprint density at radius 3 is 2.52 bits per heavy atom. The van der Waals surface area contributed by atoms with Crippen molar-refractivity contribution < 1.29 is 4.74 Å². The van der Waals surface area contributed by atoms with Crippen LogP contribution in [0.1, 0.15) is 24.0 Å². The molecule has 4 heteroatoms. The number of unbranched alkanes of at least 4 members (excludes halogenated alkanes) is 1. The molecular weight excluding hydrogens is 334 g/mol. The van der Waals surface area contributed by atoms with E-state index in [1.807, 2.05) is 41.8 Å². The van der Waals surface area contributed by atoms with Gasteiger partial charge in [-0.15, -0.1) is 0 Å². The third-order valence-electron chi connectivity index (χ3n) is 4.40. The molecule has 25 heavy (non-hydrogen) atoms. The van der Waals surface area contributed by atoms with Crippen molar-refractivity contribution in [2.24, 2.45) is 0 Å². The maximum atomic E-state index is 12.4. The Labute approximate surface area is 152 Å². The predicted molar refractivity (Wildman–Crippen MR) is 104 cm³/mol. The van der Waals surface area contributed by atoms with Gasteiger partial charge in [-0.2, -0.15) is 0 Å². The lowest BCUT2D eigenvalue weighted by molar-refractivity contribution is 0.303. The van der Waals surface area contributed by atoms with Gasteiger partial charge in [0, 0.05) is 23.0 Å². The molecule has 2 aromatic carbocycles. The number of nitrogens with zero attached hydrogens (tertiary/aromatic N) is 1. The first-order valence-corrected chi connectivity index (χ1v) is 8.92. The largest absolute Gasteiger partial charge is 0.494 e. The lowest BCUT2D eigenvalue weighted by Gasteiger charge is -2.14. The highest BCUT2D eigenvalue weighted by Crippen LogP contribution is 2.20. The second-order valence-corrected chi connectivity index (χ2v) is 6.73. The lowest BCUT2D eigenvalue weighted by Crippen LogP contribution is -2.21. The number of hydrogen-bond acceptors (Lipinski definition) is 2. The fourth-order valence-electron chi connectivity index (χ4n) is 3.10. The Morgan fingerprint density at radius 2 is 1.76 bits per heavy atom. The van der Waals surface area contributed by atoms with Crippen molar-refractivity contribution in [2.45, 2.75) is 33.2 Å². The van der Waals surface area contributed by atoms with E-state index in [0.29, 0.717) is 18.2 Å². The van der Waals surface area contributed by atoms with Crippen molar-refractivity contribution in [2.75, 3.05) is 6.61 Å². The van der Waals surface area contributed by atoms with Gasteiger partial charge in [0.2, 0.25) is 0 Å². The summed E-state index contributed by atoms with van der Waals surface area (Å²) in [5, 5.41) is 1.85. The minimum Gasteiger partial charge on any atom is -0.494 e. The van der Waals surface area contributed by atoms with Crippen LogP contribution >= 0.6 is 11.6 Å². The van der Waals surface area contributed by atoms with Gasteiger partial charge in [0.05, 0.1) is 12.1 Å². The number of fused-ring (bicyclic) bond motifs is 1. The monoisotopic (exact) mass is 355 g/mol. The number of pyridine rings is 1. The van der Waals surface area contributed by atoms with E-state index in [9.17, 15) is 4.79 Å². The molecule has 0 aliphatic heterocycles. The molecule has 0 fully saturated rings. The number of rotatable bonds is 6. The first-order valence-electron chi connectivity index (χ1n) is 8.54. The smallest absolute Gasteiger partial charge is 0.251 e. The molecular formula is C21H22ClNO2. The molecule has 0 spiro atoms. The quantitative estimate of drug-likeness (QED) is 0.574. The molecule has 0 saturated carbocycles. The summed E-state index contributed by atoms with van der Waals surface area (Å²) in [6.07, 6.45) is 1.77. The van der Waals surface area contributed by atoms with Gasteiger partial charge in [-0.1, -0.05) is 29.8 Å². The van der Waals surface area contributed by atoms with E-state index >= 15 is 0 Å². The standard InChI is InChI=1S/C21H22ClNO2/c1-15-6-5-7-19-16(2)14-20(24)23(21(15)19)12-3-4-13-25-18-10-8-17(22)9-11-18/h5-11,14H,3-4,12-13H2,1-2H3. The normalized spacial score (nSPS) is 11.0. The van der Waals surface area contributed by atoms with Crippen LogP contribution in [-0.2, 0) is 6.54 Å². The first-order chi connectivity index (χ1) is 12.1. The fraction of sp³-hybridized carbons (Fsp3) is 0.286. The van der Waals surface area contributed by atoms with Gasteiger partial charge in [0.25, 0.3) is 5.56 Å². The van der Waals surface area contributed by atoms with Gasteiger partial charge in [-0.3, -0.25) is 4.79 Å². The van der Waals surface area contributed by atoms with Gasteiger partial charge in [-0.05, 0) is 62.1 Å². The van der Waals surface area contributed by atoms with Crippen LogP contribution in [0.5, 0.6) is 5.75 Å². The van der Waals surface area contributed by atoms with Crippen LogP contribution in [0.3, 0.4) is 0 Å². The zero-order chi connectivity index (χ0) is 17.8. The third-order valence-corrected chi connectivity index (χ3v) is 4.65. The van der Waals surface area contributed by atoms with Crippen molar-refractivity contribution >= 4 is 22.5 Å². The molecule has 130 valence electrons. The van der Waals surface area contributed by atoms with E-state index in [2.05, 4.69) is 19.1 Å². The minimum absolute atomic E-state index is 0.0675. The van der Waals surface area contributed by atoms with E-state index in [1.54, 1.807) is 6.07 Å². The molecule has 0 radical (unpaired) electrons. The van der Waals surface area contributed by atoms with Gasteiger partial charge in [0.15, 0.2) is 0 Å². The number of aromatic nitrogens is 1. The molecule has 0 aliphatic carbocycles. The van der Waals surface area contributed by atoms with Crippen LogP contribution < -0.4 is 10.3 Å². The number of para-hydroxylation sites is 1. The van der Waals surface area contributed by atoms with Crippen molar-refractivity contribution in [3.63, 3.8) is 0 Å². The Kier molecular flexibility index (Phi) is 5.44. The summed E-state index contributed by atoms with van der Waals surface area (Å²) in [4.78, 5) is 12.4. The van der Waals surface area contributed by atoms with Gasteiger partial charge >= 0.3 is 0 Å². The van der Waals surface area contributed by atoms with Crippen molar-refractivity contribution in [3.05, 3.63) is 75.0 Å². The molecule has 0 saturated heterocycles. The fourth-order valence-corrected chi connectivity index (χ4v) is 3.23. The average molecular weight is 356 g/mol. The number of aryl methyl sites for hydroxylation is 3. The number of halogens is 1. The summed E-state index contributed by atoms with van der Waals surface area (Å²) in [5.74, 6) is 0.818. The molecule has 0 atom stereocenters. The van der Waals surface area contributed by atoms with Crippen molar-refractivity contribution in [1.82, 2.24) is 4.57 Å². The van der Waals surface area contributed by atoms with Gasteiger partial charge in [0.1, 0.15) is 5.75 Å². The summed E-state index contributed by atoms with van der Waals surface area (Å²) in [5.41, 5.74) is 3.28. The molecule has 3 aromatic rings. The maximum absolute atomic E-state index is 12.4. The van der Waals surface area contributed by atoms with Crippen LogP contribution in [0.15, 0.2) is 53.3 Å². The Morgan fingerprint density at radius 1 is 1.00 bits per heavy atom. The lowest BCUT2D eigenvalue weighted by atomic mass is 10.1. The van der Waals surface area contributed by atoms with Gasteiger partial charge in [-0.25, -0.2) is 0 Å². The molecule has 0 amide bonds. The van der Waals surface area contributed by atoms with Crippen LogP contribution in [0, 0.1) is 13.8 Å². The van der Waals surface area contributed by atoms with E-state index in [4.69, 9.17) is 16.3 Å². The molecule has 1 aromatic heterocycles. The maximum Gasteiger partial charge on any atom is 0.251 e. The summed E-state index contributed by atoms with van der Waals surface area (Å²) >= 11 is 5.86. The number of hydrogen-bond donors (Lipinski definition) is 0. The Balaban J connectivity index is 1.65. The second kappa shape index (κ2) is 7.75. The highest BCUT2D eigenvalue weighted by molar-refractivity contribution is 6.30. The molecule has 3 rings (SSSR count). The number of benzene rings is 2.